The summed E-state index contributed by atoms with van der Waals surface area (Å²) in [7, 11) is 0. The second kappa shape index (κ2) is 7.29. The molecule has 134 valence electrons. The number of alkyl halides is 3. The number of halogens is 3. The van der Waals surface area contributed by atoms with Gasteiger partial charge in [-0.3, -0.25) is 0 Å². The quantitative estimate of drug-likeness (QED) is 0.852. The van der Waals surface area contributed by atoms with Crippen molar-refractivity contribution in [3.63, 3.8) is 0 Å². The van der Waals surface area contributed by atoms with E-state index in [1.807, 2.05) is 6.92 Å². The van der Waals surface area contributed by atoms with Crippen LogP contribution in [-0.2, 0) is 6.18 Å². The van der Waals surface area contributed by atoms with E-state index in [1.54, 1.807) is 6.07 Å². The number of aryl methyl sites for hydroxylation is 1. The molecule has 0 amide bonds. The highest BCUT2D eigenvalue weighted by molar-refractivity contribution is 5.58. The predicted molar refractivity (Wildman–Crippen MR) is 92.2 cm³/mol. The second-order valence-corrected chi connectivity index (χ2v) is 6.30. The summed E-state index contributed by atoms with van der Waals surface area (Å²) in [5.74, 6) is 1.27. The summed E-state index contributed by atoms with van der Waals surface area (Å²) in [5.41, 5.74) is 0.721. The molecule has 0 unspecified atom stereocenters. The number of aromatic nitrogens is 2. The molecule has 1 aromatic carbocycles. The van der Waals surface area contributed by atoms with Crippen LogP contribution in [0, 0.1) is 6.92 Å². The Balaban J connectivity index is 1.78. The van der Waals surface area contributed by atoms with E-state index < -0.39 is 11.7 Å². The van der Waals surface area contributed by atoms with Crippen molar-refractivity contribution in [2.24, 2.45) is 0 Å². The van der Waals surface area contributed by atoms with Gasteiger partial charge in [0.25, 0.3) is 0 Å². The van der Waals surface area contributed by atoms with Gasteiger partial charge in [-0.25, -0.2) is 4.98 Å². The fourth-order valence-electron chi connectivity index (χ4n) is 2.92. The third-order valence-electron chi connectivity index (χ3n) is 4.22. The summed E-state index contributed by atoms with van der Waals surface area (Å²) in [4.78, 5) is 11.2. The van der Waals surface area contributed by atoms with Crippen molar-refractivity contribution in [3.05, 3.63) is 41.6 Å². The lowest BCUT2D eigenvalue weighted by molar-refractivity contribution is -0.137. The van der Waals surface area contributed by atoms with Gasteiger partial charge in [0, 0.05) is 30.5 Å². The van der Waals surface area contributed by atoms with Gasteiger partial charge in [0.15, 0.2) is 0 Å². The lowest BCUT2D eigenvalue weighted by atomic mass is 10.2. The zero-order valence-electron chi connectivity index (χ0n) is 14.1. The number of nitrogens with zero attached hydrogens (tertiary/aromatic N) is 3. The van der Waals surface area contributed by atoms with Crippen LogP contribution in [0.1, 0.15) is 36.9 Å². The topological polar surface area (TPSA) is 41.1 Å². The maximum absolute atomic E-state index is 12.6. The molecular formula is C18H21F3N4. The van der Waals surface area contributed by atoms with Crippen LogP contribution < -0.4 is 10.2 Å². The summed E-state index contributed by atoms with van der Waals surface area (Å²) < 4.78 is 37.9. The summed E-state index contributed by atoms with van der Waals surface area (Å²) in [6.45, 7) is 3.76. The molecule has 7 heteroatoms. The highest BCUT2D eigenvalue weighted by atomic mass is 19.4. The van der Waals surface area contributed by atoms with Gasteiger partial charge in [-0.1, -0.05) is 12.8 Å². The van der Waals surface area contributed by atoms with E-state index in [0.29, 0.717) is 17.5 Å². The molecule has 1 saturated heterocycles. The van der Waals surface area contributed by atoms with Crippen molar-refractivity contribution in [2.45, 2.75) is 38.8 Å². The predicted octanol–water partition coefficient (Wildman–Crippen LogP) is 4.93. The number of anilines is 3. The fourth-order valence-corrected chi connectivity index (χ4v) is 2.92. The van der Waals surface area contributed by atoms with Crippen LogP contribution in [0.2, 0.25) is 0 Å². The molecule has 1 aliphatic heterocycles. The van der Waals surface area contributed by atoms with Crippen LogP contribution in [-0.4, -0.2) is 23.1 Å². The van der Waals surface area contributed by atoms with Crippen LogP contribution in [0.15, 0.2) is 30.3 Å². The molecule has 1 N–H and O–H groups in total. The highest BCUT2D eigenvalue weighted by Crippen LogP contribution is 2.30. The lowest BCUT2D eigenvalue weighted by Crippen LogP contribution is -2.26. The zero-order valence-corrected chi connectivity index (χ0v) is 14.1. The van der Waals surface area contributed by atoms with E-state index in [-0.39, 0.29) is 0 Å². The third kappa shape index (κ3) is 4.61. The molecule has 0 spiro atoms. The summed E-state index contributed by atoms with van der Waals surface area (Å²) in [6, 6.07) is 6.73. The molecular weight excluding hydrogens is 329 g/mol. The van der Waals surface area contributed by atoms with Crippen molar-refractivity contribution in [2.75, 3.05) is 23.3 Å². The maximum Gasteiger partial charge on any atom is 0.416 e. The Morgan fingerprint density at radius 1 is 0.960 bits per heavy atom. The fraction of sp³-hybridized carbons (Fsp3) is 0.444. The second-order valence-electron chi connectivity index (χ2n) is 6.30. The highest BCUT2D eigenvalue weighted by Gasteiger charge is 2.29. The maximum atomic E-state index is 12.6. The van der Waals surface area contributed by atoms with Crippen LogP contribution >= 0.6 is 0 Å². The van der Waals surface area contributed by atoms with Crippen molar-refractivity contribution < 1.29 is 13.2 Å². The van der Waals surface area contributed by atoms with Crippen LogP contribution in [0.25, 0.3) is 0 Å². The molecule has 0 atom stereocenters. The Kier molecular flexibility index (Phi) is 5.11. The normalized spacial score (nSPS) is 15.8. The smallest absolute Gasteiger partial charge is 0.341 e. The Morgan fingerprint density at radius 3 is 2.20 bits per heavy atom. The monoisotopic (exact) mass is 350 g/mol. The van der Waals surface area contributed by atoms with Crippen molar-refractivity contribution in [3.8, 4) is 0 Å². The molecule has 2 heterocycles. The third-order valence-corrected chi connectivity index (χ3v) is 4.22. The first-order valence-electron chi connectivity index (χ1n) is 8.47. The van der Waals surface area contributed by atoms with Gasteiger partial charge in [-0.2, -0.15) is 18.2 Å². The van der Waals surface area contributed by atoms with Gasteiger partial charge in [0.2, 0.25) is 5.95 Å². The Morgan fingerprint density at radius 2 is 1.60 bits per heavy atom. The molecule has 0 saturated carbocycles. The van der Waals surface area contributed by atoms with Crippen LogP contribution in [0.5, 0.6) is 0 Å². The molecule has 3 rings (SSSR count). The van der Waals surface area contributed by atoms with Crippen LogP contribution in [0.4, 0.5) is 30.6 Å². The van der Waals surface area contributed by atoms with Gasteiger partial charge >= 0.3 is 6.18 Å². The number of nitrogens with one attached hydrogen (secondary N) is 1. The van der Waals surface area contributed by atoms with E-state index in [9.17, 15) is 13.2 Å². The molecule has 2 aromatic rings. The first-order valence-corrected chi connectivity index (χ1v) is 8.47. The summed E-state index contributed by atoms with van der Waals surface area (Å²) in [6.07, 6.45) is 0.361. The molecule has 1 aromatic heterocycles. The van der Waals surface area contributed by atoms with Gasteiger partial charge in [-0.15, -0.1) is 0 Å². The Labute approximate surface area is 145 Å². The molecule has 1 fully saturated rings. The molecule has 0 bridgehead atoms. The Hall–Kier alpha value is -2.31. The summed E-state index contributed by atoms with van der Waals surface area (Å²) in [5, 5.41) is 3.07. The van der Waals surface area contributed by atoms with E-state index in [2.05, 4.69) is 20.2 Å². The average Bonchev–Trinajstić information content (AvgIpc) is 2.83. The number of hydrogen-bond donors (Lipinski definition) is 1. The lowest BCUT2D eigenvalue weighted by Gasteiger charge is -2.21. The first kappa shape index (κ1) is 17.5. The number of rotatable bonds is 3. The average molecular weight is 350 g/mol. The van der Waals surface area contributed by atoms with E-state index in [1.165, 1.54) is 25.0 Å². The van der Waals surface area contributed by atoms with Gasteiger partial charge in [0.05, 0.1) is 5.56 Å². The van der Waals surface area contributed by atoms with Gasteiger partial charge in [-0.05, 0) is 44.0 Å². The molecule has 0 radical (unpaired) electrons. The first-order chi connectivity index (χ1) is 11.9. The van der Waals surface area contributed by atoms with E-state index in [4.69, 9.17) is 0 Å². The number of hydrogen-bond acceptors (Lipinski definition) is 4. The molecule has 4 nitrogen and oxygen atoms in total. The standard InChI is InChI=1S/C18H21F3N4/c1-13-12-16(23-15-8-6-14(7-9-15)18(19,20)21)24-17(22-13)25-10-4-2-3-5-11-25/h6-9,12H,2-5,10-11H2,1H3,(H,22,23,24). The van der Waals surface area contributed by atoms with Gasteiger partial charge in [0.1, 0.15) is 5.82 Å². The van der Waals surface area contributed by atoms with Crippen LogP contribution in [0.3, 0.4) is 0 Å². The van der Waals surface area contributed by atoms with Gasteiger partial charge < -0.3 is 10.2 Å². The zero-order chi connectivity index (χ0) is 17.9. The minimum absolute atomic E-state index is 0.563. The summed E-state index contributed by atoms with van der Waals surface area (Å²) >= 11 is 0. The molecule has 1 aliphatic rings. The Bertz CT molecular complexity index is 705. The van der Waals surface area contributed by atoms with Crippen molar-refractivity contribution in [1.29, 1.82) is 0 Å². The minimum Gasteiger partial charge on any atom is -0.341 e. The molecule has 0 aliphatic carbocycles. The van der Waals surface area contributed by atoms with E-state index in [0.717, 1.165) is 43.8 Å². The SMILES string of the molecule is Cc1cc(Nc2ccc(C(F)(F)F)cc2)nc(N2CCCCCC2)n1. The largest absolute Gasteiger partial charge is 0.416 e. The van der Waals surface area contributed by atoms with E-state index >= 15 is 0 Å². The van der Waals surface area contributed by atoms with Crippen molar-refractivity contribution in [1.82, 2.24) is 9.97 Å². The number of benzene rings is 1. The minimum atomic E-state index is -4.33. The van der Waals surface area contributed by atoms with Crippen molar-refractivity contribution >= 4 is 17.5 Å². The molecule has 25 heavy (non-hydrogen) atoms.